The molecule has 2 heterocycles. The van der Waals surface area contributed by atoms with Gasteiger partial charge in [-0.2, -0.15) is 0 Å². The second-order valence-electron chi connectivity index (χ2n) is 5.33. The fourth-order valence-electron chi connectivity index (χ4n) is 2.51. The van der Waals surface area contributed by atoms with Gasteiger partial charge in [0, 0.05) is 19.1 Å². The lowest BCUT2D eigenvalue weighted by molar-refractivity contribution is 0.0784. The van der Waals surface area contributed by atoms with Crippen LogP contribution in [0.4, 0.5) is 4.39 Å². The van der Waals surface area contributed by atoms with Crippen molar-refractivity contribution in [2.45, 2.75) is 19.4 Å². The lowest BCUT2D eigenvalue weighted by Gasteiger charge is -2.14. The maximum Gasteiger partial charge on any atom is 0.276 e. The van der Waals surface area contributed by atoms with Crippen LogP contribution in [0.15, 0.2) is 18.2 Å². The van der Waals surface area contributed by atoms with Gasteiger partial charge in [0.1, 0.15) is 5.82 Å². The van der Waals surface area contributed by atoms with Gasteiger partial charge in [-0.25, -0.2) is 9.07 Å². The average Bonchev–Trinajstić information content (AvgIpc) is 3.08. The first kappa shape index (κ1) is 17.7. The van der Waals surface area contributed by atoms with Gasteiger partial charge >= 0.3 is 0 Å². The van der Waals surface area contributed by atoms with Crippen LogP contribution in [0.1, 0.15) is 22.6 Å². The molecule has 1 atom stereocenters. The molecule has 6 nitrogen and oxygen atoms in total. The molecule has 9 heteroatoms. The molecule has 0 unspecified atom stereocenters. The normalized spacial score (nSPS) is 17.2. The monoisotopic (exact) mass is 359 g/mol. The van der Waals surface area contributed by atoms with Crippen molar-refractivity contribution in [2.24, 2.45) is 5.73 Å². The highest BCUT2D eigenvalue weighted by Crippen LogP contribution is 2.21. The van der Waals surface area contributed by atoms with Crippen LogP contribution >= 0.6 is 24.0 Å². The van der Waals surface area contributed by atoms with Crippen LogP contribution in [0.25, 0.3) is 5.69 Å². The molecular weight excluding hydrogens is 344 g/mol. The van der Waals surface area contributed by atoms with Crippen LogP contribution in [0.2, 0.25) is 5.02 Å². The molecular formula is C14H16Cl2FN5O. The van der Waals surface area contributed by atoms with Crippen molar-refractivity contribution in [2.75, 3.05) is 13.1 Å². The summed E-state index contributed by atoms with van der Waals surface area (Å²) >= 11 is 5.78. The standard InChI is InChI=1S/C14H15ClFN5O.ClH/c1-8-13(14(22)20-5-4-9(17)7-20)18-19-21(8)10-2-3-12(16)11(15)6-10;/h2-3,6,9H,4-5,7,17H2,1H3;1H/t9-;/m1./s1. The number of amides is 1. The van der Waals surface area contributed by atoms with E-state index in [4.69, 9.17) is 17.3 Å². The van der Waals surface area contributed by atoms with Crippen molar-refractivity contribution in [3.8, 4) is 5.69 Å². The van der Waals surface area contributed by atoms with E-state index in [9.17, 15) is 9.18 Å². The van der Waals surface area contributed by atoms with Crippen molar-refractivity contribution < 1.29 is 9.18 Å². The number of carbonyl (C=O) groups excluding carboxylic acids is 1. The van der Waals surface area contributed by atoms with Gasteiger partial charge in [0.05, 0.1) is 16.4 Å². The number of aromatic nitrogens is 3. The number of carbonyl (C=O) groups is 1. The Kier molecular flexibility index (Phi) is 5.23. The summed E-state index contributed by atoms with van der Waals surface area (Å²) in [5.41, 5.74) is 7.22. The topological polar surface area (TPSA) is 77.0 Å². The summed E-state index contributed by atoms with van der Waals surface area (Å²) in [7, 11) is 0. The van der Waals surface area contributed by atoms with Gasteiger partial charge in [-0.3, -0.25) is 4.79 Å². The molecule has 1 saturated heterocycles. The van der Waals surface area contributed by atoms with Crippen molar-refractivity contribution in [1.29, 1.82) is 0 Å². The number of benzene rings is 1. The molecule has 0 spiro atoms. The van der Waals surface area contributed by atoms with Crippen LogP contribution in [-0.4, -0.2) is 44.9 Å². The molecule has 1 amide bonds. The number of rotatable bonds is 2. The minimum absolute atomic E-state index is 0. The fourth-order valence-corrected chi connectivity index (χ4v) is 2.69. The Morgan fingerprint density at radius 1 is 1.48 bits per heavy atom. The maximum absolute atomic E-state index is 13.2. The molecule has 0 saturated carbocycles. The molecule has 1 aromatic carbocycles. The molecule has 0 bridgehead atoms. The Morgan fingerprint density at radius 3 is 2.83 bits per heavy atom. The first-order valence-corrected chi connectivity index (χ1v) is 7.27. The third-order valence-electron chi connectivity index (χ3n) is 3.76. The van der Waals surface area contributed by atoms with Gasteiger partial charge in [0.2, 0.25) is 0 Å². The van der Waals surface area contributed by atoms with Crippen LogP contribution < -0.4 is 5.73 Å². The number of nitrogens with zero attached hydrogens (tertiary/aromatic N) is 4. The van der Waals surface area contributed by atoms with E-state index in [-0.39, 0.29) is 35.1 Å². The molecule has 3 rings (SSSR count). The fraction of sp³-hybridized carbons (Fsp3) is 0.357. The van der Waals surface area contributed by atoms with Crippen molar-refractivity contribution in [3.63, 3.8) is 0 Å². The second kappa shape index (κ2) is 6.82. The highest BCUT2D eigenvalue weighted by molar-refractivity contribution is 6.30. The molecule has 23 heavy (non-hydrogen) atoms. The van der Waals surface area contributed by atoms with E-state index in [1.807, 2.05) is 0 Å². The molecule has 0 aliphatic carbocycles. The van der Waals surface area contributed by atoms with Crippen LogP contribution in [0, 0.1) is 12.7 Å². The van der Waals surface area contributed by atoms with E-state index in [1.54, 1.807) is 11.8 Å². The first-order valence-electron chi connectivity index (χ1n) is 6.90. The lowest BCUT2D eigenvalue weighted by Crippen LogP contribution is -2.32. The number of likely N-dealkylation sites (tertiary alicyclic amines) is 1. The third kappa shape index (κ3) is 3.31. The second-order valence-corrected chi connectivity index (χ2v) is 5.74. The summed E-state index contributed by atoms with van der Waals surface area (Å²) in [4.78, 5) is 14.1. The molecule has 1 aliphatic heterocycles. The zero-order chi connectivity index (χ0) is 15.9. The zero-order valence-corrected chi connectivity index (χ0v) is 13.9. The van der Waals surface area contributed by atoms with Crippen molar-refractivity contribution in [3.05, 3.63) is 40.4 Å². The number of nitrogens with two attached hydrogens (primary N) is 1. The summed E-state index contributed by atoms with van der Waals surface area (Å²) in [6, 6.07) is 4.23. The number of hydrogen-bond donors (Lipinski definition) is 1. The van der Waals surface area contributed by atoms with E-state index in [1.165, 1.54) is 22.9 Å². The quantitative estimate of drug-likeness (QED) is 0.888. The number of hydrogen-bond acceptors (Lipinski definition) is 4. The predicted molar refractivity (Wildman–Crippen MR) is 86.8 cm³/mol. The van der Waals surface area contributed by atoms with Gasteiger partial charge in [-0.1, -0.05) is 16.8 Å². The Labute approximate surface area is 143 Å². The molecule has 0 radical (unpaired) electrons. The summed E-state index contributed by atoms with van der Waals surface area (Å²) < 4.78 is 14.7. The summed E-state index contributed by atoms with van der Waals surface area (Å²) in [6.45, 7) is 2.88. The highest BCUT2D eigenvalue weighted by Gasteiger charge is 2.28. The molecule has 1 fully saturated rings. The SMILES string of the molecule is Cc1c(C(=O)N2CC[C@@H](N)C2)nnn1-c1ccc(F)c(Cl)c1.Cl. The summed E-state index contributed by atoms with van der Waals surface area (Å²) in [5.74, 6) is -0.699. The Hall–Kier alpha value is -1.70. The molecule has 2 N–H and O–H groups in total. The van der Waals surface area contributed by atoms with Crippen LogP contribution in [0.5, 0.6) is 0 Å². The van der Waals surface area contributed by atoms with Crippen molar-refractivity contribution in [1.82, 2.24) is 19.9 Å². The van der Waals surface area contributed by atoms with E-state index >= 15 is 0 Å². The largest absolute Gasteiger partial charge is 0.336 e. The Bertz CT molecular complexity index is 736. The summed E-state index contributed by atoms with van der Waals surface area (Å²) in [5, 5.41) is 7.92. The number of halogens is 3. The molecule has 1 aromatic heterocycles. The first-order chi connectivity index (χ1) is 10.5. The smallest absolute Gasteiger partial charge is 0.276 e. The molecule has 1 aliphatic rings. The van der Waals surface area contributed by atoms with Gasteiger partial charge in [0.25, 0.3) is 5.91 Å². The van der Waals surface area contributed by atoms with Crippen molar-refractivity contribution >= 4 is 29.9 Å². The van der Waals surface area contributed by atoms with E-state index < -0.39 is 5.82 Å². The van der Waals surface area contributed by atoms with Gasteiger partial charge < -0.3 is 10.6 Å². The molecule has 2 aromatic rings. The average molecular weight is 360 g/mol. The summed E-state index contributed by atoms with van der Waals surface area (Å²) in [6.07, 6.45) is 0.784. The van der Waals surface area contributed by atoms with Crippen LogP contribution in [0.3, 0.4) is 0 Å². The maximum atomic E-state index is 13.2. The van der Waals surface area contributed by atoms with Gasteiger partial charge in [-0.05, 0) is 31.5 Å². The van der Waals surface area contributed by atoms with E-state index in [2.05, 4.69) is 10.3 Å². The zero-order valence-electron chi connectivity index (χ0n) is 12.4. The molecule has 124 valence electrons. The highest BCUT2D eigenvalue weighted by atomic mass is 35.5. The van der Waals surface area contributed by atoms with E-state index in [0.717, 1.165) is 6.42 Å². The van der Waals surface area contributed by atoms with Crippen LogP contribution in [-0.2, 0) is 0 Å². The Balaban J connectivity index is 0.00000192. The van der Waals surface area contributed by atoms with Gasteiger partial charge in [-0.15, -0.1) is 17.5 Å². The van der Waals surface area contributed by atoms with Gasteiger partial charge in [0.15, 0.2) is 5.69 Å². The Morgan fingerprint density at radius 2 is 2.22 bits per heavy atom. The third-order valence-corrected chi connectivity index (χ3v) is 4.05. The minimum atomic E-state index is -0.509. The minimum Gasteiger partial charge on any atom is -0.336 e. The van der Waals surface area contributed by atoms with E-state index in [0.29, 0.717) is 24.5 Å². The lowest BCUT2D eigenvalue weighted by atomic mass is 10.2. The predicted octanol–water partition coefficient (Wildman–Crippen LogP) is 1.96.